The van der Waals surface area contributed by atoms with Gasteiger partial charge in [-0.1, -0.05) is 12.1 Å². The summed E-state index contributed by atoms with van der Waals surface area (Å²) in [6, 6.07) is 11.3. The molecule has 3 rings (SSSR count). The molecule has 1 aliphatic rings. The number of fused-ring (bicyclic) bond motifs is 1. The number of carbonyl (C=O) groups excluding carboxylic acids is 2. The topological polar surface area (TPSA) is 49.4 Å². The molecule has 0 saturated carbocycles. The number of unbranched alkanes of at least 4 members (excludes halogenated alkanes) is 1. The van der Waals surface area contributed by atoms with Crippen LogP contribution in [0.4, 0.5) is 0 Å². The van der Waals surface area contributed by atoms with Gasteiger partial charge < -0.3 is 5.32 Å². The van der Waals surface area contributed by atoms with E-state index in [9.17, 15) is 9.59 Å². The van der Waals surface area contributed by atoms with Crippen LogP contribution in [0.3, 0.4) is 0 Å². The van der Waals surface area contributed by atoms with Crippen LogP contribution in [0.2, 0.25) is 0 Å². The zero-order chi connectivity index (χ0) is 16.2. The second kappa shape index (κ2) is 7.06. The SMILES string of the molecule is Cc1ccc(CNCCCCN2C(=O)c3ccccc3C2=O)s1. The molecule has 2 heterocycles. The molecular formula is C18H20N2O2S. The van der Waals surface area contributed by atoms with Gasteiger partial charge in [0.15, 0.2) is 0 Å². The molecule has 1 aromatic carbocycles. The van der Waals surface area contributed by atoms with Crippen molar-refractivity contribution in [1.29, 1.82) is 0 Å². The molecular weight excluding hydrogens is 308 g/mol. The predicted molar refractivity (Wildman–Crippen MR) is 91.8 cm³/mol. The number of nitrogens with zero attached hydrogens (tertiary/aromatic N) is 1. The van der Waals surface area contributed by atoms with Crippen molar-refractivity contribution < 1.29 is 9.59 Å². The van der Waals surface area contributed by atoms with Crippen molar-refractivity contribution in [3.05, 3.63) is 57.3 Å². The number of hydrogen-bond donors (Lipinski definition) is 1. The van der Waals surface area contributed by atoms with Crippen molar-refractivity contribution in [3.8, 4) is 0 Å². The van der Waals surface area contributed by atoms with Gasteiger partial charge in [0.25, 0.3) is 11.8 Å². The lowest BCUT2D eigenvalue weighted by atomic mass is 10.1. The molecule has 0 unspecified atom stereocenters. The summed E-state index contributed by atoms with van der Waals surface area (Å²) in [5.41, 5.74) is 1.06. The van der Waals surface area contributed by atoms with Crippen LogP contribution in [-0.2, 0) is 6.54 Å². The highest BCUT2D eigenvalue weighted by atomic mass is 32.1. The molecule has 1 aliphatic heterocycles. The Kier molecular flexibility index (Phi) is 4.88. The number of imide groups is 1. The third-order valence-corrected chi connectivity index (χ3v) is 4.96. The van der Waals surface area contributed by atoms with Gasteiger partial charge in [0, 0.05) is 22.8 Å². The first-order valence-electron chi connectivity index (χ1n) is 7.88. The molecule has 0 atom stereocenters. The van der Waals surface area contributed by atoms with E-state index in [1.165, 1.54) is 14.7 Å². The number of carbonyl (C=O) groups is 2. The third kappa shape index (κ3) is 3.51. The summed E-state index contributed by atoms with van der Waals surface area (Å²) in [4.78, 5) is 28.4. The minimum Gasteiger partial charge on any atom is -0.312 e. The van der Waals surface area contributed by atoms with Crippen molar-refractivity contribution in [3.63, 3.8) is 0 Å². The van der Waals surface area contributed by atoms with Gasteiger partial charge in [-0.3, -0.25) is 14.5 Å². The highest BCUT2D eigenvalue weighted by Gasteiger charge is 2.34. The quantitative estimate of drug-likeness (QED) is 0.627. The molecule has 4 nitrogen and oxygen atoms in total. The molecule has 0 bridgehead atoms. The normalized spacial score (nSPS) is 13.7. The number of amides is 2. The van der Waals surface area contributed by atoms with Gasteiger partial charge >= 0.3 is 0 Å². The molecule has 2 aromatic rings. The van der Waals surface area contributed by atoms with Crippen molar-refractivity contribution in [1.82, 2.24) is 10.2 Å². The van der Waals surface area contributed by atoms with E-state index in [0.717, 1.165) is 25.9 Å². The number of nitrogens with one attached hydrogen (secondary N) is 1. The lowest BCUT2D eigenvalue weighted by molar-refractivity contribution is 0.0651. The predicted octanol–water partition coefficient (Wildman–Crippen LogP) is 3.22. The van der Waals surface area contributed by atoms with Crippen molar-refractivity contribution in [2.45, 2.75) is 26.3 Å². The smallest absolute Gasteiger partial charge is 0.261 e. The summed E-state index contributed by atoms with van der Waals surface area (Å²) in [6.07, 6.45) is 1.76. The summed E-state index contributed by atoms with van der Waals surface area (Å²) in [5.74, 6) is -0.319. The van der Waals surface area contributed by atoms with E-state index in [4.69, 9.17) is 0 Å². The average molecular weight is 328 g/mol. The molecule has 120 valence electrons. The van der Waals surface area contributed by atoms with Gasteiger partial charge in [0.2, 0.25) is 0 Å². The maximum Gasteiger partial charge on any atom is 0.261 e. The van der Waals surface area contributed by atoms with Gasteiger partial charge in [-0.15, -0.1) is 11.3 Å². The van der Waals surface area contributed by atoms with E-state index in [1.54, 1.807) is 35.6 Å². The summed E-state index contributed by atoms with van der Waals surface area (Å²) in [5, 5.41) is 3.40. The Morgan fingerprint density at radius 3 is 2.30 bits per heavy atom. The number of rotatable bonds is 7. The molecule has 2 amide bonds. The Bertz CT molecular complexity index is 688. The Balaban J connectivity index is 1.40. The number of benzene rings is 1. The fraction of sp³-hybridized carbons (Fsp3) is 0.333. The van der Waals surface area contributed by atoms with Crippen LogP contribution in [0.25, 0.3) is 0 Å². The van der Waals surface area contributed by atoms with Gasteiger partial charge in [-0.25, -0.2) is 0 Å². The standard InChI is InChI=1S/C18H20N2O2S/c1-13-8-9-14(23-13)12-19-10-4-5-11-20-17(21)15-6-2-3-7-16(15)18(20)22/h2-3,6-9,19H,4-5,10-12H2,1H3. The van der Waals surface area contributed by atoms with Crippen LogP contribution < -0.4 is 5.32 Å². The minimum atomic E-state index is -0.160. The fourth-order valence-corrected chi connectivity index (χ4v) is 3.61. The third-order valence-electron chi connectivity index (χ3n) is 3.96. The van der Waals surface area contributed by atoms with Crippen LogP contribution in [0.5, 0.6) is 0 Å². The van der Waals surface area contributed by atoms with E-state index in [2.05, 4.69) is 24.4 Å². The number of hydrogen-bond acceptors (Lipinski definition) is 4. The molecule has 0 saturated heterocycles. The van der Waals surface area contributed by atoms with Crippen LogP contribution in [0, 0.1) is 6.92 Å². The first-order valence-corrected chi connectivity index (χ1v) is 8.70. The lowest BCUT2D eigenvalue weighted by Crippen LogP contribution is -2.31. The van der Waals surface area contributed by atoms with Crippen molar-refractivity contribution in [2.75, 3.05) is 13.1 Å². The number of thiophene rings is 1. The van der Waals surface area contributed by atoms with Crippen molar-refractivity contribution in [2.24, 2.45) is 0 Å². The van der Waals surface area contributed by atoms with Gasteiger partial charge in [0.05, 0.1) is 11.1 Å². The van der Waals surface area contributed by atoms with Crippen molar-refractivity contribution >= 4 is 23.2 Å². The maximum atomic E-state index is 12.2. The Morgan fingerprint density at radius 1 is 1.00 bits per heavy atom. The van der Waals surface area contributed by atoms with E-state index in [0.29, 0.717) is 17.7 Å². The molecule has 0 spiro atoms. The Labute approximate surface area is 140 Å². The maximum absolute atomic E-state index is 12.2. The second-order valence-corrected chi connectivity index (χ2v) is 7.08. The molecule has 0 radical (unpaired) electrons. The highest BCUT2D eigenvalue weighted by Crippen LogP contribution is 2.22. The van der Waals surface area contributed by atoms with Crippen LogP contribution in [-0.4, -0.2) is 29.8 Å². The average Bonchev–Trinajstić information content (AvgIpc) is 3.07. The molecule has 5 heteroatoms. The Morgan fingerprint density at radius 2 is 1.70 bits per heavy atom. The largest absolute Gasteiger partial charge is 0.312 e. The minimum absolute atomic E-state index is 0.160. The van der Waals surface area contributed by atoms with Crippen LogP contribution in [0.1, 0.15) is 43.3 Å². The second-order valence-electron chi connectivity index (χ2n) is 5.70. The first kappa shape index (κ1) is 15.9. The van der Waals surface area contributed by atoms with Gasteiger partial charge in [-0.05, 0) is 50.6 Å². The van der Waals surface area contributed by atoms with E-state index in [-0.39, 0.29) is 11.8 Å². The summed E-state index contributed by atoms with van der Waals surface area (Å²) in [6.45, 7) is 4.37. The number of aryl methyl sites for hydroxylation is 1. The van der Waals surface area contributed by atoms with E-state index < -0.39 is 0 Å². The zero-order valence-corrected chi connectivity index (χ0v) is 14.0. The van der Waals surface area contributed by atoms with Gasteiger partial charge in [0.1, 0.15) is 0 Å². The molecule has 1 N–H and O–H groups in total. The van der Waals surface area contributed by atoms with Gasteiger partial charge in [-0.2, -0.15) is 0 Å². The lowest BCUT2D eigenvalue weighted by Gasteiger charge is -2.13. The van der Waals surface area contributed by atoms with E-state index >= 15 is 0 Å². The highest BCUT2D eigenvalue weighted by molar-refractivity contribution is 7.11. The molecule has 0 fully saturated rings. The first-order chi connectivity index (χ1) is 11.2. The zero-order valence-electron chi connectivity index (χ0n) is 13.2. The summed E-state index contributed by atoms with van der Waals surface area (Å²) >= 11 is 1.81. The summed E-state index contributed by atoms with van der Waals surface area (Å²) < 4.78 is 0. The molecule has 0 aliphatic carbocycles. The van der Waals surface area contributed by atoms with Crippen LogP contribution in [0.15, 0.2) is 36.4 Å². The fourth-order valence-electron chi connectivity index (χ4n) is 2.75. The summed E-state index contributed by atoms with van der Waals surface area (Å²) in [7, 11) is 0. The van der Waals surface area contributed by atoms with Crippen LogP contribution >= 0.6 is 11.3 Å². The molecule has 1 aromatic heterocycles. The van der Waals surface area contributed by atoms with E-state index in [1.807, 2.05) is 0 Å². The monoisotopic (exact) mass is 328 g/mol. The Hall–Kier alpha value is -1.98. The molecule has 23 heavy (non-hydrogen) atoms.